The van der Waals surface area contributed by atoms with Crippen molar-refractivity contribution in [2.45, 2.75) is 12.8 Å². The first kappa shape index (κ1) is 10.7. The number of carbonyl (C=O) groups is 2. The second-order valence-corrected chi connectivity index (χ2v) is 1.67. The van der Waals surface area contributed by atoms with Crippen molar-refractivity contribution in [2.24, 2.45) is 0 Å². The fraction of sp³-hybridized carbons (Fsp3) is 0.600. The minimum absolute atomic E-state index is 0.948. The summed E-state index contributed by atoms with van der Waals surface area (Å²) in [6.45, 7) is 0. The molecule has 0 aliphatic rings. The van der Waals surface area contributed by atoms with Crippen LogP contribution in [0.3, 0.4) is 0 Å². The number of esters is 2. The lowest BCUT2D eigenvalue weighted by atomic mass is 10.4. The predicted molar refractivity (Wildman–Crippen MR) is 28.8 cm³/mol. The Bertz CT molecular complexity index is 186. The van der Waals surface area contributed by atoms with Crippen LogP contribution < -0.4 is 0 Å². The topological polar surface area (TPSA) is 52.6 Å². The SMILES string of the molecule is COC(=O)CC(=O)OC(F)(F)F. The Morgan fingerprint density at radius 2 is 1.75 bits per heavy atom. The number of methoxy groups -OCH3 is 1. The molecule has 0 heterocycles. The highest BCUT2D eigenvalue weighted by Gasteiger charge is 2.34. The molecule has 0 bridgehead atoms. The highest BCUT2D eigenvalue weighted by atomic mass is 19.4. The van der Waals surface area contributed by atoms with Crippen molar-refractivity contribution in [3.63, 3.8) is 0 Å². The minimum Gasteiger partial charge on any atom is -0.469 e. The van der Waals surface area contributed by atoms with E-state index in [-0.39, 0.29) is 0 Å². The summed E-state index contributed by atoms with van der Waals surface area (Å²) in [6, 6.07) is 0. The Labute approximate surface area is 65.2 Å². The summed E-state index contributed by atoms with van der Waals surface area (Å²) in [5.74, 6) is -2.77. The van der Waals surface area contributed by atoms with Crippen molar-refractivity contribution in [1.82, 2.24) is 0 Å². The van der Waals surface area contributed by atoms with Crippen molar-refractivity contribution >= 4 is 11.9 Å². The van der Waals surface area contributed by atoms with E-state index in [0.29, 0.717) is 0 Å². The van der Waals surface area contributed by atoms with Crippen LogP contribution in [-0.2, 0) is 19.1 Å². The monoisotopic (exact) mass is 186 g/mol. The van der Waals surface area contributed by atoms with Crippen LogP contribution in [0, 0.1) is 0 Å². The molecule has 0 rings (SSSR count). The summed E-state index contributed by atoms with van der Waals surface area (Å²) in [5.41, 5.74) is 0. The van der Waals surface area contributed by atoms with Crippen molar-refractivity contribution in [1.29, 1.82) is 0 Å². The lowest BCUT2D eigenvalue weighted by Gasteiger charge is -2.05. The van der Waals surface area contributed by atoms with E-state index in [1.165, 1.54) is 0 Å². The zero-order valence-electron chi connectivity index (χ0n) is 5.97. The van der Waals surface area contributed by atoms with Crippen LogP contribution >= 0.6 is 0 Å². The van der Waals surface area contributed by atoms with Gasteiger partial charge in [-0.2, -0.15) is 0 Å². The smallest absolute Gasteiger partial charge is 0.469 e. The van der Waals surface area contributed by atoms with Gasteiger partial charge in [0.1, 0.15) is 6.42 Å². The van der Waals surface area contributed by atoms with E-state index in [1.54, 1.807) is 0 Å². The molecule has 0 atom stereocenters. The third-order valence-corrected chi connectivity index (χ3v) is 0.746. The van der Waals surface area contributed by atoms with E-state index in [2.05, 4.69) is 9.47 Å². The van der Waals surface area contributed by atoms with E-state index in [0.717, 1.165) is 7.11 Å². The van der Waals surface area contributed by atoms with Crippen LogP contribution in [0.25, 0.3) is 0 Å². The quantitative estimate of drug-likeness (QED) is 0.468. The number of hydrogen-bond donors (Lipinski definition) is 0. The number of ether oxygens (including phenoxy) is 2. The van der Waals surface area contributed by atoms with Crippen molar-refractivity contribution < 1.29 is 32.2 Å². The number of alkyl halides is 3. The van der Waals surface area contributed by atoms with Crippen molar-refractivity contribution in [3.05, 3.63) is 0 Å². The average Bonchev–Trinajstić information content (AvgIpc) is 1.82. The maximum Gasteiger partial charge on any atom is 0.575 e. The molecule has 0 radical (unpaired) electrons. The van der Waals surface area contributed by atoms with E-state index in [1.807, 2.05) is 0 Å². The summed E-state index contributed by atoms with van der Waals surface area (Å²) >= 11 is 0. The van der Waals surface area contributed by atoms with Gasteiger partial charge in [-0.25, -0.2) is 0 Å². The average molecular weight is 186 g/mol. The zero-order valence-corrected chi connectivity index (χ0v) is 5.97. The molecule has 0 fully saturated rings. The summed E-state index contributed by atoms with van der Waals surface area (Å²) in [5, 5.41) is 0. The van der Waals surface area contributed by atoms with Crippen molar-refractivity contribution in [2.75, 3.05) is 7.11 Å². The molecule has 0 aromatic carbocycles. The largest absolute Gasteiger partial charge is 0.575 e. The third-order valence-electron chi connectivity index (χ3n) is 0.746. The normalized spacial score (nSPS) is 10.7. The van der Waals surface area contributed by atoms with Crippen molar-refractivity contribution in [3.8, 4) is 0 Å². The fourth-order valence-corrected chi connectivity index (χ4v) is 0.355. The lowest BCUT2D eigenvalue weighted by Crippen LogP contribution is -2.21. The minimum atomic E-state index is -5.05. The van der Waals surface area contributed by atoms with Gasteiger partial charge in [-0.05, 0) is 0 Å². The molecule has 0 unspecified atom stereocenters. The Balaban J connectivity index is 3.83. The van der Waals surface area contributed by atoms with Gasteiger partial charge in [-0.15, -0.1) is 13.2 Å². The third kappa shape index (κ3) is 5.51. The molecule has 0 spiro atoms. The van der Waals surface area contributed by atoms with Gasteiger partial charge in [0.25, 0.3) is 0 Å². The standard InChI is InChI=1S/C5H5F3O4/c1-11-3(9)2-4(10)12-5(6,7)8/h2H2,1H3. The van der Waals surface area contributed by atoms with E-state index >= 15 is 0 Å². The molecule has 0 aromatic rings. The number of rotatable bonds is 2. The Hall–Kier alpha value is -1.27. The summed E-state index contributed by atoms with van der Waals surface area (Å²) in [7, 11) is 0.948. The number of hydrogen-bond acceptors (Lipinski definition) is 4. The first-order chi connectivity index (χ1) is 5.35. The fourth-order valence-electron chi connectivity index (χ4n) is 0.355. The molecule has 0 aromatic heterocycles. The van der Waals surface area contributed by atoms with Crippen LogP contribution in [0.4, 0.5) is 13.2 Å². The molecule has 70 valence electrons. The second-order valence-electron chi connectivity index (χ2n) is 1.67. The molecule has 0 amide bonds. The molecule has 0 saturated carbocycles. The maximum atomic E-state index is 11.3. The van der Waals surface area contributed by atoms with Gasteiger partial charge in [-0.1, -0.05) is 0 Å². The first-order valence-electron chi connectivity index (χ1n) is 2.70. The predicted octanol–water partition coefficient (Wildman–Crippen LogP) is 0.612. The summed E-state index contributed by atoms with van der Waals surface area (Å²) in [6.07, 6.45) is -6.10. The Morgan fingerprint density at radius 1 is 1.25 bits per heavy atom. The Morgan fingerprint density at radius 3 is 2.08 bits per heavy atom. The van der Waals surface area contributed by atoms with Gasteiger partial charge >= 0.3 is 18.3 Å². The molecule has 7 heteroatoms. The highest BCUT2D eigenvalue weighted by molar-refractivity contribution is 5.91. The van der Waals surface area contributed by atoms with E-state index in [9.17, 15) is 22.8 Å². The van der Waals surface area contributed by atoms with Crippen LogP contribution in [0.15, 0.2) is 0 Å². The van der Waals surface area contributed by atoms with Gasteiger partial charge in [0.05, 0.1) is 7.11 Å². The molecule has 12 heavy (non-hydrogen) atoms. The van der Waals surface area contributed by atoms with Gasteiger partial charge in [0.15, 0.2) is 0 Å². The lowest BCUT2D eigenvalue weighted by molar-refractivity contribution is -0.305. The van der Waals surface area contributed by atoms with Gasteiger partial charge in [0, 0.05) is 0 Å². The van der Waals surface area contributed by atoms with E-state index in [4.69, 9.17) is 0 Å². The van der Waals surface area contributed by atoms with Gasteiger partial charge < -0.3 is 9.47 Å². The van der Waals surface area contributed by atoms with Crippen LogP contribution in [0.1, 0.15) is 6.42 Å². The van der Waals surface area contributed by atoms with Crippen LogP contribution in [-0.4, -0.2) is 25.4 Å². The first-order valence-corrected chi connectivity index (χ1v) is 2.70. The van der Waals surface area contributed by atoms with E-state index < -0.39 is 24.7 Å². The Kier molecular flexibility index (Phi) is 3.52. The zero-order chi connectivity index (χ0) is 9.78. The molecule has 0 aliphatic heterocycles. The van der Waals surface area contributed by atoms with Gasteiger partial charge in [-0.3, -0.25) is 9.59 Å². The molecular weight excluding hydrogens is 181 g/mol. The number of halogens is 3. The summed E-state index contributed by atoms with van der Waals surface area (Å²) in [4.78, 5) is 20.4. The molecule has 0 aliphatic carbocycles. The molecule has 0 N–H and O–H groups in total. The maximum absolute atomic E-state index is 11.3. The molecular formula is C5H5F3O4. The number of carbonyl (C=O) groups excluding carboxylic acids is 2. The van der Waals surface area contributed by atoms with Crippen LogP contribution in [0.5, 0.6) is 0 Å². The van der Waals surface area contributed by atoms with Gasteiger partial charge in [0.2, 0.25) is 0 Å². The second kappa shape index (κ2) is 3.93. The highest BCUT2D eigenvalue weighted by Crippen LogP contribution is 2.16. The van der Waals surface area contributed by atoms with Crippen LogP contribution in [0.2, 0.25) is 0 Å². The molecule has 4 nitrogen and oxygen atoms in total. The molecule has 0 saturated heterocycles. The summed E-state index contributed by atoms with van der Waals surface area (Å²) < 4.78 is 40.6.